The van der Waals surface area contributed by atoms with Gasteiger partial charge in [0.1, 0.15) is 0 Å². The third-order valence-electron chi connectivity index (χ3n) is 5.18. The van der Waals surface area contributed by atoms with E-state index in [0.29, 0.717) is 11.1 Å². The molecule has 0 saturated carbocycles. The summed E-state index contributed by atoms with van der Waals surface area (Å²) in [6.07, 6.45) is 1.81. The van der Waals surface area contributed by atoms with Crippen molar-refractivity contribution in [3.63, 3.8) is 0 Å². The van der Waals surface area contributed by atoms with Crippen LogP contribution in [0, 0.1) is 27.7 Å². The van der Waals surface area contributed by atoms with E-state index in [1.165, 1.54) is 0 Å². The molecule has 2 aromatic heterocycles. The lowest BCUT2D eigenvalue weighted by atomic mass is 9.98. The summed E-state index contributed by atoms with van der Waals surface area (Å²) >= 11 is 0. The zero-order chi connectivity index (χ0) is 21.8. The molecule has 3 rings (SSSR count). The number of benzene rings is 1. The van der Waals surface area contributed by atoms with E-state index in [9.17, 15) is 9.59 Å². The number of aromatic amines is 1. The fraction of sp³-hybridized carbons (Fsp3) is 0.292. The molecule has 0 spiro atoms. The summed E-state index contributed by atoms with van der Waals surface area (Å²) in [7, 11) is 0. The van der Waals surface area contributed by atoms with Crippen LogP contribution in [-0.2, 0) is 6.54 Å². The third-order valence-corrected chi connectivity index (χ3v) is 5.18. The van der Waals surface area contributed by atoms with E-state index < -0.39 is 0 Å². The average Bonchev–Trinajstić information content (AvgIpc) is 2.69. The fourth-order valence-electron chi connectivity index (χ4n) is 3.49. The van der Waals surface area contributed by atoms with Gasteiger partial charge in [-0.05, 0) is 75.6 Å². The standard InChI is InChI=1S/C24H28N4O2/c1-6-25-22-11-19(18-8-7-15(3)26-12-18)10-20(17(22)5)23(29)27-13-21-14(2)9-16(4)28-24(21)30/h7-12,25H,6,13H2,1-5H3,(H,27,29)(H,28,30). The number of pyridine rings is 2. The van der Waals surface area contributed by atoms with Gasteiger partial charge in [0.2, 0.25) is 0 Å². The van der Waals surface area contributed by atoms with Gasteiger partial charge in [-0.3, -0.25) is 14.6 Å². The number of carbonyl (C=O) groups excluding carboxylic acids is 1. The summed E-state index contributed by atoms with van der Waals surface area (Å²) in [5.41, 5.74) is 7.21. The van der Waals surface area contributed by atoms with Crippen LogP contribution in [0.5, 0.6) is 0 Å². The molecule has 0 aliphatic carbocycles. The van der Waals surface area contributed by atoms with E-state index in [0.717, 1.165) is 45.9 Å². The first-order chi connectivity index (χ1) is 14.3. The molecule has 0 aliphatic heterocycles. The highest BCUT2D eigenvalue weighted by molar-refractivity contribution is 5.98. The van der Waals surface area contributed by atoms with Gasteiger partial charge >= 0.3 is 0 Å². The Balaban J connectivity index is 1.94. The number of amides is 1. The van der Waals surface area contributed by atoms with Crippen molar-refractivity contribution in [3.05, 3.63) is 80.5 Å². The van der Waals surface area contributed by atoms with Gasteiger partial charge in [-0.1, -0.05) is 6.07 Å². The number of nitrogens with zero attached hydrogens (tertiary/aromatic N) is 1. The van der Waals surface area contributed by atoms with Crippen molar-refractivity contribution < 1.29 is 4.79 Å². The molecule has 1 amide bonds. The van der Waals surface area contributed by atoms with Crippen LogP contribution < -0.4 is 16.2 Å². The number of carbonyl (C=O) groups is 1. The van der Waals surface area contributed by atoms with Crippen molar-refractivity contribution in [2.75, 3.05) is 11.9 Å². The van der Waals surface area contributed by atoms with Crippen LogP contribution in [0.15, 0.2) is 41.3 Å². The summed E-state index contributed by atoms with van der Waals surface area (Å²) in [5.74, 6) is -0.215. The predicted molar refractivity (Wildman–Crippen MR) is 121 cm³/mol. The van der Waals surface area contributed by atoms with E-state index in [1.54, 1.807) is 0 Å². The smallest absolute Gasteiger partial charge is 0.253 e. The molecule has 0 radical (unpaired) electrons. The molecule has 6 nitrogen and oxygen atoms in total. The maximum atomic E-state index is 13.1. The maximum absolute atomic E-state index is 13.1. The minimum absolute atomic E-state index is 0.169. The van der Waals surface area contributed by atoms with Gasteiger partial charge in [-0.25, -0.2) is 0 Å². The third kappa shape index (κ3) is 4.59. The van der Waals surface area contributed by atoms with E-state index >= 15 is 0 Å². The molecular formula is C24H28N4O2. The number of H-pyrrole nitrogens is 1. The first-order valence-electron chi connectivity index (χ1n) is 10.1. The minimum Gasteiger partial charge on any atom is -0.385 e. The molecule has 0 bridgehead atoms. The van der Waals surface area contributed by atoms with E-state index in [-0.39, 0.29) is 18.0 Å². The highest BCUT2D eigenvalue weighted by Crippen LogP contribution is 2.28. The number of rotatable bonds is 6. The molecule has 0 saturated heterocycles. The molecule has 30 heavy (non-hydrogen) atoms. The van der Waals surface area contributed by atoms with Crippen LogP contribution in [0.25, 0.3) is 11.1 Å². The van der Waals surface area contributed by atoms with Crippen molar-refractivity contribution in [3.8, 4) is 11.1 Å². The topological polar surface area (TPSA) is 86.9 Å². The Labute approximate surface area is 176 Å². The molecule has 6 heteroatoms. The zero-order valence-electron chi connectivity index (χ0n) is 18.1. The predicted octanol–water partition coefficient (Wildman–Crippen LogP) is 4.03. The van der Waals surface area contributed by atoms with Crippen molar-refractivity contribution in [1.29, 1.82) is 0 Å². The highest BCUT2D eigenvalue weighted by Gasteiger charge is 2.16. The molecule has 1 aromatic carbocycles. The lowest BCUT2D eigenvalue weighted by molar-refractivity contribution is 0.0950. The zero-order valence-corrected chi connectivity index (χ0v) is 18.1. The number of hydrogen-bond donors (Lipinski definition) is 3. The number of nitrogens with one attached hydrogen (secondary N) is 3. The summed E-state index contributed by atoms with van der Waals surface area (Å²) in [5, 5.41) is 6.25. The second kappa shape index (κ2) is 8.95. The van der Waals surface area contributed by atoms with E-state index in [2.05, 4.69) is 20.6 Å². The fourth-order valence-corrected chi connectivity index (χ4v) is 3.49. The summed E-state index contributed by atoms with van der Waals surface area (Å²) in [6.45, 7) is 10.5. The summed E-state index contributed by atoms with van der Waals surface area (Å²) in [6, 6.07) is 9.78. The van der Waals surface area contributed by atoms with Crippen molar-refractivity contribution in [1.82, 2.24) is 15.3 Å². The maximum Gasteiger partial charge on any atom is 0.253 e. The Hall–Kier alpha value is -3.41. The van der Waals surface area contributed by atoms with Crippen molar-refractivity contribution in [2.24, 2.45) is 0 Å². The first-order valence-corrected chi connectivity index (χ1v) is 10.1. The van der Waals surface area contributed by atoms with Gasteiger partial charge in [0.25, 0.3) is 11.5 Å². The molecule has 2 heterocycles. The summed E-state index contributed by atoms with van der Waals surface area (Å²) in [4.78, 5) is 32.5. The SMILES string of the molecule is CCNc1cc(-c2ccc(C)nc2)cc(C(=O)NCc2c(C)cc(C)[nH]c2=O)c1C. The molecule has 3 aromatic rings. The lowest BCUT2D eigenvalue weighted by Gasteiger charge is -2.16. The van der Waals surface area contributed by atoms with Crippen LogP contribution >= 0.6 is 0 Å². The molecule has 0 aliphatic rings. The minimum atomic E-state index is -0.215. The Morgan fingerprint density at radius 3 is 2.47 bits per heavy atom. The molecule has 0 unspecified atom stereocenters. The van der Waals surface area contributed by atoms with Crippen LogP contribution in [-0.4, -0.2) is 22.4 Å². The van der Waals surface area contributed by atoms with Crippen molar-refractivity contribution >= 4 is 11.6 Å². The Morgan fingerprint density at radius 2 is 1.83 bits per heavy atom. The van der Waals surface area contributed by atoms with E-state index in [4.69, 9.17) is 0 Å². The summed E-state index contributed by atoms with van der Waals surface area (Å²) < 4.78 is 0. The van der Waals surface area contributed by atoms with Crippen molar-refractivity contribution in [2.45, 2.75) is 41.2 Å². The highest BCUT2D eigenvalue weighted by atomic mass is 16.1. The Kier molecular flexibility index (Phi) is 6.35. The van der Waals surface area contributed by atoms with Crippen LogP contribution in [0.3, 0.4) is 0 Å². The monoisotopic (exact) mass is 404 g/mol. The second-order valence-corrected chi connectivity index (χ2v) is 7.54. The number of anilines is 1. The molecule has 156 valence electrons. The first kappa shape index (κ1) is 21.3. The van der Waals surface area contributed by atoms with Crippen LogP contribution in [0.4, 0.5) is 5.69 Å². The normalized spacial score (nSPS) is 10.7. The van der Waals surface area contributed by atoms with Crippen LogP contribution in [0.2, 0.25) is 0 Å². The average molecular weight is 405 g/mol. The largest absolute Gasteiger partial charge is 0.385 e. The number of hydrogen-bond acceptors (Lipinski definition) is 4. The lowest BCUT2D eigenvalue weighted by Crippen LogP contribution is -2.28. The van der Waals surface area contributed by atoms with Gasteiger partial charge in [0, 0.05) is 53.1 Å². The van der Waals surface area contributed by atoms with Gasteiger partial charge in [0.05, 0.1) is 0 Å². The number of aromatic nitrogens is 2. The second-order valence-electron chi connectivity index (χ2n) is 7.54. The molecular weight excluding hydrogens is 376 g/mol. The van der Waals surface area contributed by atoms with Gasteiger partial charge in [-0.15, -0.1) is 0 Å². The van der Waals surface area contributed by atoms with Crippen LogP contribution in [0.1, 0.15) is 45.4 Å². The quantitative estimate of drug-likeness (QED) is 0.579. The molecule has 0 fully saturated rings. The number of aryl methyl sites for hydroxylation is 3. The van der Waals surface area contributed by atoms with Gasteiger partial charge in [-0.2, -0.15) is 0 Å². The Bertz CT molecular complexity index is 1130. The molecule has 3 N–H and O–H groups in total. The van der Waals surface area contributed by atoms with E-state index in [1.807, 2.05) is 71.1 Å². The Morgan fingerprint density at radius 1 is 1.07 bits per heavy atom. The van der Waals surface area contributed by atoms with Gasteiger partial charge in [0.15, 0.2) is 0 Å². The molecule has 0 atom stereocenters. The van der Waals surface area contributed by atoms with Gasteiger partial charge < -0.3 is 15.6 Å².